The van der Waals surface area contributed by atoms with E-state index < -0.39 is 35.7 Å². The van der Waals surface area contributed by atoms with Crippen molar-refractivity contribution in [3.05, 3.63) is 17.7 Å². The third kappa shape index (κ3) is 3.98. The van der Waals surface area contributed by atoms with Crippen molar-refractivity contribution in [2.24, 2.45) is 11.8 Å². The molecule has 2 N–H and O–H groups in total. The van der Waals surface area contributed by atoms with E-state index in [-0.39, 0.29) is 34.6 Å². The predicted octanol–water partition coefficient (Wildman–Crippen LogP) is 3.08. The summed E-state index contributed by atoms with van der Waals surface area (Å²) in [5, 5.41) is 3.44. The van der Waals surface area contributed by atoms with E-state index in [1.54, 1.807) is 17.6 Å². The van der Waals surface area contributed by atoms with Crippen molar-refractivity contribution in [2.75, 3.05) is 21.3 Å². The minimum atomic E-state index is -5.32. The quantitative estimate of drug-likeness (QED) is 0.598. The van der Waals surface area contributed by atoms with Gasteiger partial charge >= 0.3 is 12.2 Å². The van der Waals surface area contributed by atoms with Crippen molar-refractivity contribution in [1.82, 2.24) is 15.5 Å². The number of methoxy groups -OCH3 is 3. The first-order valence-corrected chi connectivity index (χ1v) is 10.8. The van der Waals surface area contributed by atoms with Crippen LogP contribution in [0.4, 0.5) is 18.0 Å². The van der Waals surface area contributed by atoms with Crippen molar-refractivity contribution in [2.45, 2.75) is 51.0 Å². The second-order valence-electron chi connectivity index (χ2n) is 8.52. The number of imide groups is 1. The first-order valence-electron chi connectivity index (χ1n) is 10.8. The SMILES string of the molecule is COc1ccc(C(=O)N[C@]2(C(F)(F)F)NC(=O)N([C@@H]3CCC[C@H](C)[C@@H]3C)C2=O)c(OC)c1OC. The highest BCUT2D eigenvalue weighted by Crippen LogP contribution is 2.42. The Balaban J connectivity index is 2.02. The maximum Gasteiger partial charge on any atom is 0.440 e. The lowest BCUT2D eigenvalue weighted by molar-refractivity contribution is -0.201. The Kier molecular flexibility index (Phi) is 6.90. The van der Waals surface area contributed by atoms with Crippen LogP contribution >= 0.6 is 0 Å². The normalized spacial score (nSPS) is 27.3. The van der Waals surface area contributed by atoms with Crippen molar-refractivity contribution in [3.63, 3.8) is 0 Å². The zero-order valence-corrected chi connectivity index (χ0v) is 19.5. The van der Waals surface area contributed by atoms with Gasteiger partial charge in [-0.3, -0.25) is 19.8 Å². The predicted molar refractivity (Wildman–Crippen MR) is 114 cm³/mol. The summed E-state index contributed by atoms with van der Waals surface area (Å²) in [5.41, 5.74) is -3.97. The molecule has 0 spiro atoms. The number of nitrogens with one attached hydrogen (secondary N) is 2. The fourth-order valence-electron chi connectivity index (χ4n) is 4.63. The van der Waals surface area contributed by atoms with Gasteiger partial charge in [0.05, 0.1) is 26.9 Å². The summed E-state index contributed by atoms with van der Waals surface area (Å²) in [4.78, 5) is 39.6. The number of hydrogen-bond acceptors (Lipinski definition) is 6. The summed E-state index contributed by atoms with van der Waals surface area (Å²) in [6.45, 7) is 3.73. The maximum atomic E-state index is 14.3. The molecule has 9 nitrogen and oxygen atoms in total. The lowest BCUT2D eigenvalue weighted by Gasteiger charge is -2.38. The first kappa shape index (κ1) is 25.4. The minimum absolute atomic E-state index is 0.0212. The first-order chi connectivity index (χ1) is 15.9. The highest BCUT2D eigenvalue weighted by molar-refractivity contribution is 6.11. The third-order valence-electron chi connectivity index (χ3n) is 6.72. The van der Waals surface area contributed by atoms with E-state index in [1.165, 1.54) is 33.5 Å². The zero-order chi connectivity index (χ0) is 25.4. The molecule has 188 valence electrons. The standard InChI is InChI=1S/C22H28F3N3O6/c1-11-7-6-8-14(12(11)2)28-19(30)21(22(23,24)25,27-20(28)31)26-18(29)13-9-10-15(32-3)17(34-5)16(13)33-4/h9-12,14H,6-8H2,1-5H3,(H,26,29)(H,27,31)/t11-,12-,14+,21-/m0/s1. The number of nitrogens with zero attached hydrogens (tertiary/aromatic N) is 1. The number of rotatable bonds is 6. The van der Waals surface area contributed by atoms with Gasteiger partial charge in [0.2, 0.25) is 5.75 Å². The summed E-state index contributed by atoms with van der Waals surface area (Å²) in [5.74, 6) is -2.98. The Morgan fingerprint density at radius 1 is 1.09 bits per heavy atom. The van der Waals surface area contributed by atoms with Crippen molar-refractivity contribution >= 4 is 17.8 Å². The number of carbonyl (C=O) groups is 3. The highest BCUT2D eigenvalue weighted by Gasteiger charge is 2.70. The van der Waals surface area contributed by atoms with Crippen LogP contribution in [-0.2, 0) is 4.79 Å². The van der Waals surface area contributed by atoms with Gasteiger partial charge in [0.15, 0.2) is 11.5 Å². The second-order valence-corrected chi connectivity index (χ2v) is 8.52. The smallest absolute Gasteiger partial charge is 0.440 e. The van der Waals surface area contributed by atoms with Gasteiger partial charge in [-0.05, 0) is 30.4 Å². The molecule has 0 radical (unpaired) electrons. The topological polar surface area (TPSA) is 106 Å². The monoisotopic (exact) mass is 487 g/mol. The molecule has 2 aliphatic rings. The largest absolute Gasteiger partial charge is 0.493 e. The summed E-state index contributed by atoms with van der Waals surface area (Å²) in [7, 11) is 3.80. The zero-order valence-electron chi connectivity index (χ0n) is 19.5. The van der Waals surface area contributed by atoms with Gasteiger partial charge < -0.3 is 19.5 Å². The van der Waals surface area contributed by atoms with E-state index in [9.17, 15) is 27.6 Å². The van der Waals surface area contributed by atoms with Crippen LogP contribution in [-0.4, -0.2) is 62.0 Å². The Bertz CT molecular complexity index is 985. The van der Waals surface area contributed by atoms with Crippen molar-refractivity contribution in [3.8, 4) is 17.2 Å². The maximum absolute atomic E-state index is 14.3. The van der Waals surface area contributed by atoms with Gasteiger partial charge in [-0.2, -0.15) is 13.2 Å². The van der Waals surface area contributed by atoms with Gasteiger partial charge in [-0.1, -0.05) is 26.7 Å². The number of benzene rings is 1. The lowest BCUT2D eigenvalue weighted by Crippen LogP contribution is -2.69. The van der Waals surface area contributed by atoms with Gasteiger partial charge in [0.25, 0.3) is 17.5 Å². The van der Waals surface area contributed by atoms with E-state index in [4.69, 9.17) is 14.2 Å². The summed E-state index contributed by atoms with van der Waals surface area (Å²) < 4.78 is 58.4. The number of urea groups is 1. The van der Waals surface area contributed by atoms with Crippen LogP contribution in [0.1, 0.15) is 43.5 Å². The average molecular weight is 487 g/mol. The number of carbonyl (C=O) groups excluding carboxylic acids is 3. The molecule has 1 saturated heterocycles. The van der Waals surface area contributed by atoms with Gasteiger partial charge in [0, 0.05) is 6.04 Å². The molecule has 0 aromatic heterocycles. The van der Waals surface area contributed by atoms with E-state index >= 15 is 0 Å². The molecule has 34 heavy (non-hydrogen) atoms. The van der Waals surface area contributed by atoms with E-state index in [1.807, 2.05) is 6.92 Å². The fourth-order valence-corrected chi connectivity index (χ4v) is 4.63. The molecule has 1 aliphatic heterocycles. The van der Waals surface area contributed by atoms with Crippen LogP contribution in [0, 0.1) is 11.8 Å². The van der Waals surface area contributed by atoms with E-state index in [0.717, 1.165) is 6.42 Å². The molecule has 3 rings (SSSR count). The molecule has 12 heteroatoms. The molecule has 0 bridgehead atoms. The molecule has 1 aromatic carbocycles. The molecule has 4 atom stereocenters. The Labute approximate surface area is 194 Å². The third-order valence-corrected chi connectivity index (χ3v) is 6.72. The van der Waals surface area contributed by atoms with Gasteiger partial charge in [0.1, 0.15) is 0 Å². The molecule has 1 aromatic rings. The van der Waals surface area contributed by atoms with Crippen LogP contribution in [0.15, 0.2) is 12.1 Å². The van der Waals surface area contributed by atoms with Crippen LogP contribution in [0.25, 0.3) is 0 Å². The minimum Gasteiger partial charge on any atom is -0.493 e. The van der Waals surface area contributed by atoms with Crippen LogP contribution in [0.5, 0.6) is 17.2 Å². The Morgan fingerprint density at radius 3 is 2.29 bits per heavy atom. The Hall–Kier alpha value is -3.18. The molecule has 1 saturated carbocycles. The number of halogens is 3. The lowest BCUT2D eigenvalue weighted by atomic mass is 9.77. The van der Waals surface area contributed by atoms with Crippen molar-refractivity contribution < 1.29 is 41.8 Å². The van der Waals surface area contributed by atoms with Crippen LogP contribution in [0.3, 0.4) is 0 Å². The van der Waals surface area contributed by atoms with Gasteiger partial charge in [-0.25, -0.2) is 4.79 Å². The molecule has 1 heterocycles. The number of alkyl halides is 3. The summed E-state index contributed by atoms with van der Waals surface area (Å²) in [6, 6.07) is 0.563. The number of ether oxygens (including phenoxy) is 3. The van der Waals surface area contributed by atoms with Crippen LogP contribution in [0.2, 0.25) is 0 Å². The summed E-state index contributed by atoms with van der Waals surface area (Å²) in [6.07, 6.45) is -3.42. The second kappa shape index (κ2) is 9.22. The molecular weight excluding hydrogens is 459 g/mol. The van der Waals surface area contributed by atoms with E-state index in [0.29, 0.717) is 17.7 Å². The molecule has 2 fully saturated rings. The average Bonchev–Trinajstić information content (AvgIpc) is 3.04. The highest BCUT2D eigenvalue weighted by atomic mass is 19.4. The number of amides is 4. The van der Waals surface area contributed by atoms with E-state index in [2.05, 4.69) is 0 Å². The number of hydrogen-bond donors (Lipinski definition) is 2. The molecule has 0 unspecified atom stereocenters. The van der Waals surface area contributed by atoms with Crippen molar-refractivity contribution in [1.29, 1.82) is 0 Å². The van der Waals surface area contributed by atoms with Gasteiger partial charge in [-0.15, -0.1) is 0 Å². The molecule has 4 amide bonds. The molecular formula is C22H28F3N3O6. The fraction of sp³-hybridized carbons (Fsp3) is 0.591. The van der Waals surface area contributed by atoms with Crippen LogP contribution < -0.4 is 24.8 Å². The Morgan fingerprint density at radius 2 is 1.74 bits per heavy atom. The molecule has 1 aliphatic carbocycles. The summed E-state index contributed by atoms with van der Waals surface area (Å²) >= 11 is 0.